The van der Waals surface area contributed by atoms with Gasteiger partial charge in [-0.2, -0.15) is 0 Å². The summed E-state index contributed by atoms with van der Waals surface area (Å²) in [7, 11) is 0. The zero-order valence-electron chi connectivity index (χ0n) is 29.3. The van der Waals surface area contributed by atoms with Crippen LogP contribution in [0.3, 0.4) is 0 Å². The predicted octanol–water partition coefficient (Wildman–Crippen LogP) is -0.977. The minimum atomic E-state index is -5.43. The van der Waals surface area contributed by atoms with Crippen LogP contribution in [0.25, 0.3) is 0 Å². The van der Waals surface area contributed by atoms with Gasteiger partial charge in [-0.05, 0) is 0 Å². The molecule has 0 saturated heterocycles. The Balaban J connectivity index is -0.000000678. The molecule has 0 fully saturated rings. The first-order valence-corrected chi connectivity index (χ1v) is 32.4. The number of carbonyl (C=O) groups is 12. The molecule has 0 aromatic carbocycles. The zero-order chi connectivity index (χ0) is 40.9. The van der Waals surface area contributed by atoms with E-state index in [2.05, 4.69) is 32.2 Å². The zero-order valence-corrected chi connectivity index (χ0v) is 41.0. The summed E-state index contributed by atoms with van der Waals surface area (Å²) in [5.74, 6) is -10.6. The van der Waals surface area contributed by atoms with Crippen molar-refractivity contribution >= 4 is 141 Å². The maximum atomic E-state index is 10.9. The summed E-state index contributed by atoms with van der Waals surface area (Å²) in [6.45, 7) is 12.1. The molecule has 0 saturated carbocycles. The van der Waals surface area contributed by atoms with Gasteiger partial charge < -0.3 is 0 Å². The van der Waals surface area contributed by atoms with Crippen LogP contribution >= 0.6 is 0 Å². The monoisotopic (exact) mass is 1330 g/mol. The van der Waals surface area contributed by atoms with Crippen LogP contribution < -0.4 is 0 Å². The van der Waals surface area contributed by atoms with Crippen LogP contribution in [0.2, 0.25) is 0 Å². The Kier molecular flexibility index (Phi) is 24.9. The molecule has 24 nitrogen and oxygen atoms in total. The Morgan fingerprint density at radius 3 is 0.294 bits per heavy atom. The first-order valence-electron chi connectivity index (χ1n) is 13.3. The molecule has 51 heavy (non-hydrogen) atoms. The van der Waals surface area contributed by atoms with E-state index in [-0.39, 0.29) is 0 Å². The first-order chi connectivity index (χ1) is 23.0. The van der Waals surface area contributed by atoms with Gasteiger partial charge in [-0.3, -0.25) is 0 Å². The summed E-state index contributed by atoms with van der Waals surface area (Å²) in [4.78, 5) is 130. The minimum absolute atomic E-state index is 0.879. The Morgan fingerprint density at radius 2 is 0.255 bits per heavy atom. The van der Waals surface area contributed by atoms with E-state index in [9.17, 15) is 57.5 Å². The summed E-state index contributed by atoms with van der Waals surface area (Å²) in [5.41, 5.74) is 0. The molecule has 0 aliphatic carbocycles. The molecule has 0 spiro atoms. The second-order valence-electron chi connectivity index (χ2n) is 8.62. The number of hydrogen-bond acceptors (Lipinski definition) is 24. The molecular formula is C24H36O24Pb3. The third kappa shape index (κ3) is 28.8. The fourth-order valence-electron chi connectivity index (χ4n) is 2.49. The SMILES string of the molecule is CC(=O)[O][Pb]([O]C(C)=O)([O]C(C)=O)[O]C(C)=O.CC(=O)[O][Pb]([O]C(C)=O)([O]C(C)=O)[O]C(C)=O.CC(=O)[O][Pb]([O]C(C)=O)([O]C(C)=O)[O]C(C)=O. The van der Waals surface area contributed by atoms with Crippen molar-refractivity contribution < 1.29 is 89.8 Å². The molecule has 0 unspecified atom stereocenters. The van der Waals surface area contributed by atoms with Crippen molar-refractivity contribution in [2.24, 2.45) is 0 Å². The van der Waals surface area contributed by atoms with Crippen molar-refractivity contribution in [3.8, 4) is 0 Å². The van der Waals surface area contributed by atoms with E-state index in [0.29, 0.717) is 0 Å². The molecule has 288 valence electrons. The van der Waals surface area contributed by atoms with Crippen molar-refractivity contribution in [2.75, 3.05) is 0 Å². The van der Waals surface area contributed by atoms with Gasteiger partial charge in [-0.25, -0.2) is 0 Å². The van der Waals surface area contributed by atoms with Gasteiger partial charge in [0.15, 0.2) is 0 Å². The van der Waals surface area contributed by atoms with E-state index in [0.717, 1.165) is 83.1 Å². The molecule has 0 heterocycles. The van der Waals surface area contributed by atoms with Crippen molar-refractivity contribution in [2.45, 2.75) is 83.1 Å². The van der Waals surface area contributed by atoms with Crippen molar-refractivity contribution in [1.82, 2.24) is 0 Å². The summed E-state index contributed by atoms with van der Waals surface area (Å²) >= 11 is -16.3. The van der Waals surface area contributed by atoms with Gasteiger partial charge in [-0.15, -0.1) is 0 Å². The van der Waals surface area contributed by atoms with Crippen molar-refractivity contribution in [3.05, 3.63) is 0 Å². The molecular weight excluding hydrogens is 1290 g/mol. The number of rotatable bonds is 12. The van der Waals surface area contributed by atoms with Crippen LogP contribution in [0.4, 0.5) is 0 Å². The number of hydrogen-bond donors (Lipinski definition) is 0. The van der Waals surface area contributed by atoms with Crippen LogP contribution in [0.1, 0.15) is 83.1 Å². The fourth-order valence-corrected chi connectivity index (χ4v) is 21.8. The topological polar surface area (TPSA) is 316 Å². The second-order valence-corrected chi connectivity index (χ2v) is 29.8. The van der Waals surface area contributed by atoms with Gasteiger partial charge in [0.1, 0.15) is 0 Å². The summed E-state index contributed by atoms with van der Waals surface area (Å²) < 4.78 is 55.5. The molecule has 0 rings (SSSR count). The first kappa shape index (κ1) is 51.8. The maximum absolute atomic E-state index is 10.9. The van der Waals surface area contributed by atoms with E-state index in [1.807, 2.05) is 0 Å². The standard InChI is InChI=1S/12C2H4O2.3Pb/c12*1-2(3)4;;;/h12*1H3,(H,3,4);;;/q;;;;;;;;;;;;3*+4/p-12. The summed E-state index contributed by atoms with van der Waals surface area (Å²) in [5, 5.41) is 0. The molecule has 0 aliphatic heterocycles. The van der Waals surface area contributed by atoms with Crippen LogP contribution in [0, 0.1) is 0 Å². The van der Waals surface area contributed by atoms with Gasteiger partial charge in [0, 0.05) is 0 Å². The Labute approximate surface area is 311 Å². The average Bonchev–Trinajstić information content (AvgIpc) is 2.78. The Bertz CT molecular complexity index is 1000. The summed E-state index contributed by atoms with van der Waals surface area (Å²) in [6, 6.07) is 0. The van der Waals surface area contributed by atoms with Crippen LogP contribution in [0.5, 0.6) is 0 Å². The molecule has 0 aromatic heterocycles. The van der Waals surface area contributed by atoms with E-state index in [1.165, 1.54) is 0 Å². The molecule has 0 aliphatic rings. The molecule has 0 N–H and O–H groups in total. The van der Waals surface area contributed by atoms with E-state index in [1.54, 1.807) is 0 Å². The van der Waals surface area contributed by atoms with Gasteiger partial charge >= 0.3 is 313 Å². The molecule has 0 atom stereocenters. The average molecular weight is 1330 g/mol. The normalized spacial score (nSPS) is 10.1. The third-order valence-electron chi connectivity index (χ3n) is 3.22. The quantitative estimate of drug-likeness (QED) is 0.212. The molecule has 0 bridgehead atoms. The molecule has 27 heteroatoms. The van der Waals surface area contributed by atoms with Crippen molar-refractivity contribution in [3.63, 3.8) is 0 Å². The van der Waals surface area contributed by atoms with Gasteiger partial charge in [0.2, 0.25) is 0 Å². The van der Waals surface area contributed by atoms with Crippen LogP contribution in [0.15, 0.2) is 0 Å². The Morgan fingerprint density at radius 1 is 0.196 bits per heavy atom. The molecule has 0 radical (unpaired) electrons. The Hall–Kier alpha value is -3.59. The van der Waals surface area contributed by atoms with Gasteiger partial charge in [0.25, 0.3) is 0 Å². The van der Waals surface area contributed by atoms with E-state index in [4.69, 9.17) is 0 Å². The predicted molar refractivity (Wildman–Crippen MR) is 158 cm³/mol. The molecule has 0 aromatic rings. The summed E-state index contributed by atoms with van der Waals surface area (Å²) in [6.07, 6.45) is 0. The van der Waals surface area contributed by atoms with E-state index < -0.39 is 141 Å². The number of carbonyl (C=O) groups excluding carboxylic acids is 12. The van der Waals surface area contributed by atoms with Crippen molar-refractivity contribution in [1.29, 1.82) is 0 Å². The van der Waals surface area contributed by atoms with Gasteiger partial charge in [0.05, 0.1) is 0 Å². The third-order valence-corrected chi connectivity index (χ3v) is 28.3. The second kappa shape index (κ2) is 24.6. The fraction of sp³-hybridized carbons (Fsp3) is 0.500. The molecule has 0 amide bonds. The van der Waals surface area contributed by atoms with Crippen LogP contribution in [-0.4, -0.2) is 141 Å². The van der Waals surface area contributed by atoms with Gasteiger partial charge in [-0.1, -0.05) is 0 Å². The van der Waals surface area contributed by atoms with E-state index >= 15 is 0 Å². The van der Waals surface area contributed by atoms with Crippen LogP contribution in [-0.2, 0) is 89.8 Å².